The van der Waals surface area contributed by atoms with Gasteiger partial charge in [-0.2, -0.15) is 0 Å². The van der Waals surface area contributed by atoms with E-state index in [1.165, 1.54) is 0 Å². The summed E-state index contributed by atoms with van der Waals surface area (Å²) in [6.45, 7) is 8.82. The lowest BCUT2D eigenvalue weighted by molar-refractivity contribution is 0.664. The van der Waals surface area contributed by atoms with Gasteiger partial charge in [0.25, 0.3) is 0 Å². The molecule has 0 bridgehead atoms. The molecule has 0 heteroatoms. The molecule has 13 heavy (non-hydrogen) atoms. The molecule has 0 aromatic heterocycles. The number of hydrogen-bond donors (Lipinski definition) is 0. The van der Waals surface area contributed by atoms with Gasteiger partial charge in [-0.1, -0.05) is 64.2 Å². The highest BCUT2D eigenvalue weighted by atomic mass is 13.9. The molecule has 0 saturated heterocycles. The fraction of sp³-hybridized carbons (Fsp3) is 0.538. The van der Waals surface area contributed by atoms with Crippen LogP contribution in [0.3, 0.4) is 0 Å². The van der Waals surface area contributed by atoms with Crippen LogP contribution in [0.2, 0.25) is 0 Å². The summed E-state index contributed by atoms with van der Waals surface area (Å²) in [4.78, 5) is 0. The monoisotopic (exact) mass is 178 g/mol. The van der Waals surface area contributed by atoms with E-state index in [9.17, 15) is 0 Å². The van der Waals surface area contributed by atoms with Gasteiger partial charge in [0.15, 0.2) is 0 Å². The van der Waals surface area contributed by atoms with Gasteiger partial charge in [-0.15, -0.1) is 0 Å². The van der Waals surface area contributed by atoms with Crippen LogP contribution in [0.1, 0.15) is 34.1 Å². The largest absolute Gasteiger partial charge is 0.0843 e. The van der Waals surface area contributed by atoms with Gasteiger partial charge in [-0.3, -0.25) is 0 Å². The number of allylic oxidation sites excluding steroid dienone is 6. The highest BCUT2D eigenvalue weighted by molar-refractivity contribution is 5.11. The Kier molecular flexibility index (Phi) is 7.38. The molecule has 0 N–H and O–H groups in total. The molecule has 0 rings (SSSR count). The summed E-state index contributed by atoms with van der Waals surface area (Å²) in [5.41, 5.74) is 0. The molecule has 0 aromatic carbocycles. The van der Waals surface area contributed by atoms with Crippen LogP contribution in [-0.2, 0) is 0 Å². The van der Waals surface area contributed by atoms with E-state index in [1.807, 2.05) is 0 Å². The fourth-order valence-electron chi connectivity index (χ4n) is 0.844. The van der Waals surface area contributed by atoms with Gasteiger partial charge < -0.3 is 0 Å². The normalized spacial score (nSPS) is 13.4. The Hall–Kier alpha value is -0.780. The molecule has 0 amide bonds. The minimum absolute atomic E-state index is 0.643. The summed E-state index contributed by atoms with van der Waals surface area (Å²) in [7, 11) is 0. The van der Waals surface area contributed by atoms with Crippen molar-refractivity contribution in [1.82, 2.24) is 0 Å². The highest BCUT2D eigenvalue weighted by Gasteiger charge is 1.84. The van der Waals surface area contributed by atoms with Crippen molar-refractivity contribution >= 4 is 0 Å². The van der Waals surface area contributed by atoms with Crippen molar-refractivity contribution in [3.63, 3.8) is 0 Å². The summed E-state index contributed by atoms with van der Waals surface area (Å²) in [5, 5.41) is 0. The molecule has 0 aromatic rings. The lowest BCUT2D eigenvalue weighted by atomic mass is 10.1. The zero-order valence-electron chi connectivity index (χ0n) is 9.33. The van der Waals surface area contributed by atoms with Crippen LogP contribution in [0.25, 0.3) is 0 Å². The predicted octanol–water partition coefficient (Wildman–Crippen LogP) is 4.36. The summed E-state index contributed by atoms with van der Waals surface area (Å²) in [6, 6.07) is 0. The first-order valence-corrected chi connectivity index (χ1v) is 5.13. The quantitative estimate of drug-likeness (QED) is 0.549. The van der Waals surface area contributed by atoms with Crippen LogP contribution in [0.15, 0.2) is 36.5 Å². The third-order valence-electron chi connectivity index (χ3n) is 1.57. The summed E-state index contributed by atoms with van der Waals surface area (Å²) in [5.74, 6) is 1.40. The Labute approximate surface area is 83.0 Å². The van der Waals surface area contributed by atoms with Crippen LogP contribution in [0.4, 0.5) is 0 Å². The van der Waals surface area contributed by atoms with Crippen molar-refractivity contribution in [2.24, 2.45) is 11.8 Å². The zero-order valence-corrected chi connectivity index (χ0v) is 9.33. The van der Waals surface area contributed by atoms with E-state index in [-0.39, 0.29) is 0 Å². The molecule has 0 heterocycles. The van der Waals surface area contributed by atoms with E-state index < -0.39 is 0 Å². The van der Waals surface area contributed by atoms with E-state index in [2.05, 4.69) is 64.2 Å². The van der Waals surface area contributed by atoms with Crippen molar-refractivity contribution in [1.29, 1.82) is 0 Å². The first-order chi connectivity index (χ1) is 6.13. The number of hydrogen-bond acceptors (Lipinski definition) is 0. The molecular formula is C13H22. The topological polar surface area (TPSA) is 0 Å². The summed E-state index contributed by atoms with van der Waals surface area (Å²) < 4.78 is 0. The van der Waals surface area contributed by atoms with Crippen molar-refractivity contribution in [3.05, 3.63) is 36.5 Å². The minimum Gasteiger partial charge on any atom is -0.0843 e. The lowest BCUT2D eigenvalue weighted by Gasteiger charge is -1.94. The first kappa shape index (κ1) is 12.2. The number of rotatable bonds is 5. The maximum Gasteiger partial charge on any atom is -0.0287 e. The second kappa shape index (κ2) is 7.85. The maximum atomic E-state index is 2.23. The lowest BCUT2D eigenvalue weighted by Crippen LogP contribution is -1.80. The molecule has 0 atom stereocenters. The molecule has 0 spiro atoms. The molecule has 0 saturated carbocycles. The third kappa shape index (κ3) is 11.2. The van der Waals surface area contributed by atoms with Gasteiger partial charge >= 0.3 is 0 Å². The van der Waals surface area contributed by atoms with Gasteiger partial charge in [-0.05, 0) is 18.3 Å². The van der Waals surface area contributed by atoms with Crippen molar-refractivity contribution in [3.8, 4) is 0 Å². The van der Waals surface area contributed by atoms with Crippen molar-refractivity contribution < 1.29 is 0 Å². The Morgan fingerprint density at radius 2 is 1.46 bits per heavy atom. The van der Waals surface area contributed by atoms with E-state index in [4.69, 9.17) is 0 Å². The van der Waals surface area contributed by atoms with Crippen LogP contribution >= 0.6 is 0 Å². The van der Waals surface area contributed by atoms with Gasteiger partial charge in [-0.25, -0.2) is 0 Å². The molecule has 0 aliphatic rings. The second-order valence-electron chi connectivity index (χ2n) is 4.07. The van der Waals surface area contributed by atoms with Crippen LogP contribution in [0.5, 0.6) is 0 Å². The Morgan fingerprint density at radius 1 is 0.846 bits per heavy atom. The Morgan fingerprint density at radius 3 is 2.00 bits per heavy atom. The van der Waals surface area contributed by atoms with E-state index in [1.54, 1.807) is 0 Å². The molecule has 0 aliphatic heterocycles. The van der Waals surface area contributed by atoms with Gasteiger partial charge in [0, 0.05) is 0 Å². The Bertz CT molecular complexity index is 180. The first-order valence-electron chi connectivity index (χ1n) is 5.13. The van der Waals surface area contributed by atoms with Crippen LogP contribution in [0, 0.1) is 11.8 Å². The average molecular weight is 178 g/mol. The van der Waals surface area contributed by atoms with Crippen molar-refractivity contribution in [2.75, 3.05) is 0 Å². The van der Waals surface area contributed by atoms with Gasteiger partial charge in [0.05, 0.1) is 0 Å². The second-order valence-corrected chi connectivity index (χ2v) is 4.07. The van der Waals surface area contributed by atoms with E-state index in [0.717, 1.165) is 12.3 Å². The molecule has 0 aliphatic carbocycles. The van der Waals surface area contributed by atoms with E-state index >= 15 is 0 Å². The summed E-state index contributed by atoms with van der Waals surface area (Å²) >= 11 is 0. The highest BCUT2D eigenvalue weighted by Crippen LogP contribution is 1.99. The molecule has 0 unspecified atom stereocenters. The van der Waals surface area contributed by atoms with E-state index in [0.29, 0.717) is 5.92 Å². The molecule has 74 valence electrons. The van der Waals surface area contributed by atoms with Crippen molar-refractivity contribution in [2.45, 2.75) is 34.1 Å². The summed E-state index contributed by atoms with van der Waals surface area (Å²) in [6.07, 6.45) is 13.9. The SMILES string of the molecule is CC(C)/C=C/C=C/C=C/CC(C)C. The maximum absolute atomic E-state index is 2.23. The van der Waals surface area contributed by atoms with Gasteiger partial charge in [0.1, 0.15) is 0 Å². The third-order valence-corrected chi connectivity index (χ3v) is 1.57. The minimum atomic E-state index is 0.643. The zero-order chi connectivity index (χ0) is 10.1. The molecule has 0 nitrogen and oxygen atoms in total. The predicted molar refractivity (Wildman–Crippen MR) is 61.7 cm³/mol. The average Bonchev–Trinajstić information content (AvgIpc) is 2.01. The molecular weight excluding hydrogens is 156 g/mol. The van der Waals surface area contributed by atoms with Gasteiger partial charge in [0.2, 0.25) is 0 Å². The van der Waals surface area contributed by atoms with Crippen LogP contribution < -0.4 is 0 Å². The fourth-order valence-corrected chi connectivity index (χ4v) is 0.844. The van der Waals surface area contributed by atoms with Crippen LogP contribution in [-0.4, -0.2) is 0 Å². The smallest absolute Gasteiger partial charge is 0.0287 e. The Balaban J connectivity index is 3.57. The molecule has 0 fully saturated rings. The molecule has 0 radical (unpaired) electrons. The standard InChI is InChI=1S/C13H22/c1-12(2)10-8-6-5-7-9-11-13(3)4/h5-10,12-13H,11H2,1-4H3/b6-5+,9-7+,10-8+.